The number of ether oxygens (including phenoxy) is 2. The maximum absolute atomic E-state index is 13.1. The largest absolute Gasteiger partial charge is 0.497 e. The van der Waals surface area contributed by atoms with Gasteiger partial charge < -0.3 is 19.7 Å². The lowest BCUT2D eigenvalue weighted by molar-refractivity contribution is -0.116. The highest BCUT2D eigenvalue weighted by Gasteiger charge is 2.18. The fraction of sp³-hybridized carbons (Fsp3) is 0.381. The molecule has 0 spiro atoms. The average Bonchev–Trinajstić information content (AvgIpc) is 2.73. The highest BCUT2D eigenvalue weighted by molar-refractivity contribution is 5.92. The Bertz CT molecular complexity index is 790. The normalized spacial score (nSPS) is 14.6. The minimum atomic E-state index is -0.221. The molecular formula is C21H26FN3O3. The van der Waals surface area contributed by atoms with Crippen molar-refractivity contribution in [3.05, 3.63) is 48.3 Å². The predicted octanol–water partition coefficient (Wildman–Crippen LogP) is 2.99. The van der Waals surface area contributed by atoms with Crippen molar-refractivity contribution in [2.24, 2.45) is 0 Å². The molecule has 28 heavy (non-hydrogen) atoms. The SMILES string of the molecule is COc1ccc(OC)c(NC(=O)CCN2CCN(c3ccc(F)cc3)CC2)c1. The summed E-state index contributed by atoms with van der Waals surface area (Å²) < 4.78 is 23.6. The minimum absolute atomic E-state index is 0.0625. The van der Waals surface area contributed by atoms with Crippen LogP contribution in [0, 0.1) is 5.82 Å². The van der Waals surface area contributed by atoms with Crippen molar-refractivity contribution in [1.82, 2.24) is 4.90 Å². The number of nitrogens with zero attached hydrogens (tertiary/aromatic N) is 2. The van der Waals surface area contributed by atoms with Crippen LogP contribution in [0.15, 0.2) is 42.5 Å². The lowest BCUT2D eigenvalue weighted by Crippen LogP contribution is -2.47. The number of amides is 1. The number of halogens is 1. The van der Waals surface area contributed by atoms with E-state index in [-0.39, 0.29) is 11.7 Å². The number of carbonyl (C=O) groups excluding carboxylic acids is 1. The minimum Gasteiger partial charge on any atom is -0.497 e. The Balaban J connectivity index is 1.46. The fourth-order valence-corrected chi connectivity index (χ4v) is 3.27. The summed E-state index contributed by atoms with van der Waals surface area (Å²) in [6, 6.07) is 11.9. The van der Waals surface area contributed by atoms with Gasteiger partial charge in [-0.15, -0.1) is 0 Å². The Morgan fingerprint density at radius 1 is 1.04 bits per heavy atom. The third-order valence-electron chi connectivity index (χ3n) is 4.90. The molecule has 2 aromatic carbocycles. The molecule has 1 fully saturated rings. The number of hydrogen-bond donors (Lipinski definition) is 1. The molecule has 1 saturated heterocycles. The van der Waals surface area contributed by atoms with Gasteiger partial charge in [-0.3, -0.25) is 9.69 Å². The van der Waals surface area contributed by atoms with E-state index in [0.717, 1.165) is 31.9 Å². The van der Waals surface area contributed by atoms with Gasteiger partial charge >= 0.3 is 0 Å². The van der Waals surface area contributed by atoms with E-state index in [2.05, 4.69) is 15.1 Å². The number of anilines is 2. The molecular weight excluding hydrogens is 361 g/mol. The highest BCUT2D eigenvalue weighted by Crippen LogP contribution is 2.29. The molecule has 1 amide bonds. The van der Waals surface area contributed by atoms with Gasteiger partial charge in [0.05, 0.1) is 19.9 Å². The molecule has 7 heteroatoms. The molecule has 3 rings (SSSR count). The summed E-state index contributed by atoms with van der Waals surface area (Å²) >= 11 is 0. The summed E-state index contributed by atoms with van der Waals surface area (Å²) in [7, 11) is 3.15. The molecule has 0 aromatic heterocycles. The van der Waals surface area contributed by atoms with Crippen molar-refractivity contribution in [1.29, 1.82) is 0 Å². The van der Waals surface area contributed by atoms with Crippen LogP contribution >= 0.6 is 0 Å². The van der Waals surface area contributed by atoms with Gasteiger partial charge in [0.25, 0.3) is 0 Å². The standard InChI is InChI=1S/C21H26FN3O3/c1-27-18-7-8-20(28-2)19(15-18)23-21(26)9-10-24-11-13-25(14-12-24)17-5-3-16(22)4-6-17/h3-8,15H,9-14H2,1-2H3,(H,23,26). The Morgan fingerprint density at radius 3 is 2.39 bits per heavy atom. The van der Waals surface area contributed by atoms with Gasteiger partial charge in [-0.2, -0.15) is 0 Å². The summed E-state index contributed by atoms with van der Waals surface area (Å²) in [5.41, 5.74) is 1.64. The first kappa shape index (κ1) is 19.9. The van der Waals surface area contributed by atoms with Crippen molar-refractivity contribution < 1.29 is 18.7 Å². The maximum atomic E-state index is 13.1. The van der Waals surface area contributed by atoms with Gasteiger partial charge in [-0.05, 0) is 36.4 Å². The van der Waals surface area contributed by atoms with Crippen molar-refractivity contribution in [2.75, 3.05) is 57.2 Å². The summed E-state index contributed by atoms with van der Waals surface area (Å²) in [5, 5.41) is 2.90. The molecule has 0 unspecified atom stereocenters. The summed E-state index contributed by atoms with van der Waals surface area (Å²) in [6.45, 7) is 4.14. The molecule has 1 heterocycles. The van der Waals surface area contributed by atoms with Gasteiger partial charge in [0, 0.05) is 50.9 Å². The number of carbonyl (C=O) groups is 1. The van der Waals surface area contributed by atoms with Crippen LogP contribution < -0.4 is 19.7 Å². The van der Waals surface area contributed by atoms with Crippen LogP contribution in [0.2, 0.25) is 0 Å². The van der Waals surface area contributed by atoms with E-state index in [9.17, 15) is 9.18 Å². The van der Waals surface area contributed by atoms with Crippen molar-refractivity contribution in [3.63, 3.8) is 0 Å². The summed E-state index contributed by atoms with van der Waals surface area (Å²) in [6.07, 6.45) is 0.400. The van der Waals surface area contributed by atoms with Crippen molar-refractivity contribution in [2.45, 2.75) is 6.42 Å². The van der Waals surface area contributed by atoms with Gasteiger partial charge in [0.2, 0.25) is 5.91 Å². The van der Waals surface area contributed by atoms with Crippen molar-refractivity contribution >= 4 is 17.3 Å². The monoisotopic (exact) mass is 387 g/mol. The van der Waals surface area contributed by atoms with Crippen LogP contribution in [-0.2, 0) is 4.79 Å². The second kappa shape index (κ2) is 9.41. The quantitative estimate of drug-likeness (QED) is 0.792. The molecule has 0 bridgehead atoms. The van der Waals surface area contributed by atoms with E-state index >= 15 is 0 Å². The summed E-state index contributed by atoms with van der Waals surface area (Å²) in [5.74, 6) is 0.976. The first-order valence-electron chi connectivity index (χ1n) is 9.34. The number of methoxy groups -OCH3 is 2. The molecule has 0 saturated carbocycles. The molecule has 1 aliphatic heterocycles. The van der Waals surface area contributed by atoms with Crippen LogP contribution in [0.4, 0.5) is 15.8 Å². The zero-order chi connectivity index (χ0) is 19.9. The van der Waals surface area contributed by atoms with Crippen molar-refractivity contribution in [3.8, 4) is 11.5 Å². The van der Waals surface area contributed by atoms with E-state index in [1.807, 2.05) is 0 Å². The van der Waals surface area contributed by atoms with Gasteiger partial charge in [0.1, 0.15) is 17.3 Å². The number of hydrogen-bond acceptors (Lipinski definition) is 5. The van der Waals surface area contributed by atoms with Gasteiger partial charge in [-0.1, -0.05) is 0 Å². The topological polar surface area (TPSA) is 54.0 Å². The third-order valence-corrected chi connectivity index (χ3v) is 4.90. The molecule has 6 nitrogen and oxygen atoms in total. The lowest BCUT2D eigenvalue weighted by Gasteiger charge is -2.36. The fourth-order valence-electron chi connectivity index (χ4n) is 3.27. The number of nitrogens with one attached hydrogen (secondary N) is 1. The molecule has 1 aliphatic rings. The van der Waals surface area contributed by atoms with Gasteiger partial charge in [0.15, 0.2) is 0 Å². The van der Waals surface area contributed by atoms with Crippen LogP contribution in [0.25, 0.3) is 0 Å². The zero-order valence-corrected chi connectivity index (χ0v) is 16.3. The maximum Gasteiger partial charge on any atom is 0.225 e. The highest BCUT2D eigenvalue weighted by atomic mass is 19.1. The van der Waals surface area contributed by atoms with Crippen LogP contribution in [0.1, 0.15) is 6.42 Å². The smallest absolute Gasteiger partial charge is 0.225 e. The number of piperazine rings is 1. The Hall–Kier alpha value is -2.80. The third kappa shape index (κ3) is 5.13. The average molecular weight is 387 g/mol. The number of benzene rings is 2. The molecule has 0 aliphatic carbocycles. The molecule has 1 N–H and O–H groups in total. The Kier molecular flexibility index (Phi) is 6.71. The van der Waals surface area contributed by atoms with E-state index in [4.69, 9.17) is 9.47 Å². The molecule has 2 aromatic rings. The van der Waals surface area contributed by atoms with Crippen LogP contribution in [0.5, 0.6) is 11.5 Å². The second-order valence-electron chi connectivity index (χ2n) is 6.67. The molecule has 150 valence electrons. The Morgan fingerprint density at radius 2 is 1.75 bits per heavy atom. The summed E-state index contributed by atoms with van der Waals surface area (Å²) in [4.78, 5) is 16.9. The van der Waals surface area contributed by atoms with Crippen LogP contribution in [-0.4, -0.2) is 57.8 Å². The molecule has 0 atom stereocenters. The van der Waals surface area contributed by atoms with E-state index in [1.165, 1.54) is 12.1 Å². The first-order valence-corrected chi connectivity index (χ1v) is 9.34. The van der Waals surface area contributed by atoms with E-state index < -0.39 is 0 Å². The van der Waals surface area contributed by atoms with Gasteiger partial charge in [-0.25, -0.2) is 4.39 Å². The lowest BCUT2D eigenvalue weighted by atomic mass is 10.2. The predicted molar refractivity (Wildman–Crippen MR) is 108 cm³/mol. The Labute approximate surface area is 164 Å². The first-order chi connectivity index (χ1) is 13.6. The van der Waals surface area contributed by atoms with E-state index in [1.54, 1.807) is 44.6 Å². The number of rotatable bonds is 7. The second-order valence-corrected chi connectivity index (χ2v) is 6.67. The van der Waals surface area contributed by atoms with E-state index in [0.29, 0.717) is 30.2 Å². The van der Waals surface area contributed by atoms with Crippen LogP contribution in [0.3, 0.4) is 0 Å². The zero-order valence-electron chi connectivity index (χ0n) is 16.3. The molecule has 0 radical (unpaired) electrons.